The zero-order chi connectivity index (χ0) is 41.9. The van der Waals surface area contributed by atoms with Gasteiger partial charge < -0.3 is 37.5 Å². The molecule has 0 saturated carbocycles. The predicted octanol–water partition coefficient (Wildman–Crippen LogP) is 5.88. The van der Waals surface area contributed by atoms with Crippen molar-refractivity contribution >= 4 is 35.2 Å². The highest BCUT2D eigenvalue weighted by Crippen LogP contribution is 2.29. The molecule has 0 unspecified atom stereocenters. The molecule has 3 atom stereocenters. The van der Waals surface area contributed by atoms with Gasteiger partial charge in [0.1, 0.15) is 30.5 Å². The third kappa shape index (κ3) is 15.1. The number of hydrogen-bond acceptors (Lipinski definition) is 7. The molecule has 4 aromatic carbocycles. The van der Waals surface area contributed by atoms with Crippen molar-refractivity contribution in [2.45, 2.75) is 82.4 Å². The van der Waals surface area contributed by atoms with Gasteiger partial charge in [-0.15, -0.1) is 0 Å². The summed E-state index contributed by atoms with van der Waals surface area (Å²) in [6.45, 7) is 0.885. The summed E-state index contributed by atoms with van der Waals surface area (Å²) in [5, 5.41) is 11.8. The monoisotopic (exact) mass is 822 g/mol. The molecule has 0 heterocycles. The quantitative estimate of drug-likeness (QED) is 0.0536. The molecule has 4 amide bonds. The summed E-state index contributed by atoms with van der Waals surface area (Å²) < 4.78 is 44.7. The maximum Gasteiger partial charge on any atom is 0.416 e. The van der Waals surface area contributed by atoms with Gasteiger partial charge in [-0.3, -0.25) is 19.2 Å². The first-order valence-electron chi connectivity index (χ1n) is 19.1. The van der Waals surface area contributed by atoms with Crippen molar-refractivity contribution in [1.82, 2.24) is 21.3 Å². The number of ether oxygens (including phenoxy) is 1. The van der Waals surface area contributed by atoms with Crippen molar-refractivity contribution in [3.8, 4) is 5.75 Å². The SMILES string of the molecule is NCCCC[C@H](NC(=O)Cc1ccccc1)C(=O)N[C@@H](CCCCN)C(=O)N[C@H](C(=O)NCc1ccc(Cl)cc1)c1ccc(OCc2ccc(C(F)(F)F)cc2)cc1. The van der Waals surface area contributed by atoms with Crippen molar-refractivity contribution in [1.29, 1.82) is 0 Å². The number of nitrogens with one attached hydrogen (secondary N) is 4. The van der Waals surface area contributed by atoms with Crippen LogP contribution in [0.5, 0.6) is 5.75 Å². The molecule has 8 N–H and O–H groups in total. The Kier molecular flexibility index (Phi) is 18.0. The first kappa shape index (κ1) is 45.3. The minimum absolute atomic E-state index is 0.0106. The molecule has 0 aromatic heterocycles. The molecule has 0 fully saturated rings. The van der Waals surface area contributed by atoms with Crippen LogP contribution in [-0.2, 0) is 44.9 Å². The van der Waals surface area contributed by atoms with Gasteiger partial charge >= 0.3 is 6.18 Å². The normalized spacial score (nSPS) is 12.8. The molecule has 4 rings (SSSR count). The molecule has 0 radical (unpaired) electrons. The van der Waals surface area contributed by atoms with Crippen LogP contribution in [0.1, 0.15) is 72.4 Å². The zero-order valence-electron chi connectivity index (χ0n) is 32.0. The number of carbonyl (C=O) groups excluding carboxylic acids is 4. The average molecular weight is 823 g/mol. The molecule has 4 aromatic rings. The van der Waals surface area contributed by atoms with Gasteiger partial charge in [-0.2, -0.15) is 13.2 Å². The van der Waals surface area contributed by atoms with Gasteiger partial charge in [0.2, 0.25) is 23.6 Å². The molecular formula is C43H50ClF3N6O5. The number of hydrogen-bond donors (Lipinski definition) is 6. The summed E-state index contributed by atoms with van der Waals surface area (Å²) in [5.74, 6) is -1.70. The van der Waals surface area contributed by atoms with Crippen molar-refractivity contribution in [3.63, 3.8) is 0 Å². The molecule has 0 saturated heterocycles. The lowest BCUT2D eigenvalue weighted by atomic mass is 10.0. The van der Waals surface area contributed by atoms with E-state index in [0.717, 1.165) is 23.3 Å². The highest BCUT2D eigenvalue weighted by Gasteiger charge is 2.31. The van der Waals surface area contributed by atoms with Crippen molar-refractivity contribution < 1.29 is 37.1 Å². The Hall–Kier alpha value is -5.44. The number of alkyl halides is 3. The maximum atomic E-state index is 14.1. The number of unbranched alkanes of at least 4 members (excludes halogenated alkanes) is 2. The molecule has 0 spiro atoms. The Morgan fingerprint density at radius 1 is 0.638 bits per heavy atom. The highest BCUT2D eigenvalue weighted by molar-refractivity contribution is 6.30. The Morgan fingerprint density at radius 3 is 1.79 bits per heavy atom. The van der Waals surface area contributed by atoms with E-state index in [0.29, 0.717) is 67.1 Å². The van der Waals surface area contributed by atoms with Gasteiger partial charge in [0.05, 0.1) is 12.0 Å². The Bertz CT molecular complexity index is 1900. The summed E-state index contributed by atoms with van der Waals surface area (Å²) in [5.41, 5.74) is 13.1. The number of benzene rings is 4. The summed E-state index contributed by atoms with van der Waals surface area (Å²) in [7, 11) is 0. The average Bonchev–Trinajstić information content (AvgIpc) is 3.21. The fourth-order valence-corrected chi connectivity index (χ4v) is 6.10. The van der Waals surface area contributed by atoms with E-state index in [-0.39, 0.29) is 31.9 Å². The summed E-state index contributed by atoms with van der Waals surface area (Å²) in [6.07, 6.45) is -1.63. The van der Waals surface area contributed by atoms with Crippen molar-refractivity contribution in [2.75, 3.05) is 13.1 Å². The zero-order valence-corrected chi connectivity index (χ0v) is 32.8. The van der Waals surface area contributed by atoms with Crippen LogP contribution in [0, 0.1) is 0 Å². The largest absolute Gasteiger partial charge is 0.489 e. The van der Waals surface area contributed by atoms with E-state index in [9.17, 15) is 32.3 Å². The van der Waals surface area contributed by atoms with Crippen LogP contribution in [0.15, 0.2) is 103 Å². The minimum Gasteiger partial charge on any atom is -0.489 e. The first-order chi connectivity index (χ1) is 27.9. The standard InChI is InChI=1S/C43H50ClF3N6O5/c44-34-20-14-30(15-21-34)27-50-42(57)39(32-16-22-35(23-17-32)58-28-31-12-18-33(19-13-31)43(45,46)47)53-41(56)37(11-5-7-25-49)52-40(55)36(10-4-6-24-48)51-38(54)26-29-8-2-1-3-9-29/h1-3,8-9,12-23,36-37,39H,4-7,10-11,24-28,48-49H2,(H,50,57)(H,51,54)(H,52,55)(H,53,56)/t36-,37-,39-/m0/s1. The Labute approximate surface area is 341 Å². The van der Waals surface area contributed by atoms with E-state index < -0.39 is 47.6 Å². The fraction of sp³-hybridized carbons (Fsp3) is 0.349. The number of carbonyl (C=O) groups is 4. The van der Waals surface area contributed by atoms with E-state index in [1.807, 2.05) is 30.3 Å². The molecule has 0 aliphatic rings. The summed E-state index contributed by atoms with van der Waals surface area (Å²) in [4.78, 5) is 54.7. The van der Waals surface area contributed by atoms with Gasteiger partial charge in [-0.1, -0.05) is 78.3 Å². The molecule has 11 nitrogen and oxygen atoms in total. The predicted molar refractivity (Wildman–Crippen MR) is 216 cm³/mol. The molecule has 58 heavy (non-hydrogen) atoms. The van der Waals surface area contributed by atoms with Crippen LogP contribution in [0.3, 0.4) is 0 Å². The van der Waals surface area contributed by atoms with E-state index in [2.05, 4.69) is 21.3 Å². The van der Waals surface area contributed by atoms with Gasteiger partial charge in [0.15, 0.2) is 0 Å². The molecule has 0 aliphatic carbocycles. The molecule has 0 bridgehead atoms. The Morgan fingerprint density at radius 2 is 1.21 bits per heavy atom. The maximum absolute atomic E-state index is 14.1. The topological polar surface area (TPSA) is 178 Å². The molecular weight excluding hydrogens is 773 g/mol. The minimum atomic E-state index is -4.45. The third-order valence-electron chi connectivity index (χ3n) is 9.22. The highest BCUT2D eigenvalue weighted by atomic mass is 35.5. The smallest absolute Gasteiger partial charge is 0.416 e. The van der Waals surface area contributed by atoms with Gasteiger partial charge in [0.25, 0.3) is 0 Å². The van der Waals surface area contributed by atoms with Crippen LogP contribution >= 0.6 is 11.6 Å². The molecule has 0 aliphatic heterocycles. The van der Waals surface area contributed by atoms with Crippen LogP contribution < -0.4 is 37.5 Å². The van der Waals surface area contributed by atoms with Gasteiger partial charge in [0, 0.05) is 11.6 Å². The second kappa shape index (κ2) is 23.1. The summed E-state index contributed by atoms with van der Waals surface area (Å²) >= 11 is 6.03. The van der Waals surface area contributed by atoms with E-state index in [4.69, 9.17) is 27.8 Å². The van der Waals surface area contributed by atoms with Gasteiger partial charge in [-0.25, -0.2) is 0 Å². The van der Waals surface area contributed by atoms with Crippen LogP contribution in [0.25, 0.3) is 0 Å². The van der Waals surface area contributed by atoms with Crippen LogP contribution in [0.4, 0.5) is 13.2 Å². The van der Waals surface area contributed by atoms with E-state index in [1.54, 1.807) is 48.5 Å². The lowest BCUT2D eigenvalue weighted by Crippen LogP contribution is -2.55. The lowest BCUT2D eigenvalue weighted by Gasteiger charge is -2.26. The second-order valence-corrected chi connectivity index (χ2v) is 14.2. The van der Waals surface area contributed by atoms with E-state index in [1.165, 1.54) is 12.1 Å². The van der Waals surface area contributed by atoms with E-state index >= 15 is 0 Å². The summed E-state index contributed by atoms with van der Waals surface area (Å²) in [6, 6.07) is 23.7. The van der Waals surface area contributed by atoms with Crippen LogP contribution in [0.2, 0.25) is 5.02 Å². The Balaban J connectivity index is 1.52. The third-order valence-corrected chi connectivity index (χ3v) is 9.47. The second-order valence-electron chi connectivity index (χ2n) is 13.8. The number of halogens is 4. The number of nitrogens with two attached hydrogens (primary N) is 2. The first-order valence-corrected chi connectivity index (χ1v) is 19.5. The van der Waals surface area contributed by atoms with Crippen molar-refractivity contribution in [3.05, 3.63) is 136 Å². The van der Waals surface area contributed by atoms with Crippen molar-refractivity contribution in [2.24, 2.45) is 11.5 Å². The molecule has 15 heteroatoms. The fourth-order valence-electron chi connectivity index (χ4n) is 5.97. The van der Waals surface area contributed by atoms with Crippen LogP contribution in [-0.4, -0.2) is 48.8 Å². The number of amides is 4. The lowest BCUT2D eigenvalue weighted by molar-refractivity contribution is -0.137. The molecule has 310 valence electrons. The van der Waals surface area contributed by atoms with Gasteiger partial charge in [-0.05, 0) is 110 Å². The number of rotatable bonds is 22.